The van der Waals surface area contributed by atoms with Crippen molar-refractivity contribution >= 4 is 10.1 Å². The van der Waals surface area contributed by atoms with Crippen molar-refractivity contribution in [3.05, 3.63) is 0 Å². The Bertz CT molecular complexity index is 534. The molecule has 0 amide bonds. The summed E-state index contributed by atoms with van der Waals surface area (Å²) in [5.74, 6) is -1.12. The van der Waals surface area contributed by atoms with E-state index in [4.69, 9.17) is 18.9 Å². The first kappa shape index (κ1) is 19.9. The van der Waals surface area contributed by atoms with Crippen molar-refractivity contribution in [1.82, 2.24) is 0 Å². The fraction of sp³-hybridized carbons (Fsp3) is 1.00. The number of hydrogen-bond donors (Lipinski definition) is 0. The molecule has 0 radical (unpaired) electrons. The topological polar surface area (TPSA) is 80.3 Å². The number of hydrogen-bond acceptors (Lipinski definition) is 7. The maximum absolute atomic E-state index is 12.6. The Kier molecular flexibility index (Phi) is 5.83. The number of rotatable bonds is 7. The van der Waals surface area contributed by atoms with Gasteiger partial charge in [0, 0.05) is 6.61 Å². The highest BCUT2D eigenvalue weighted by Gasteiger charge is 2.59. The van der Waals surface area contributed by atoms with Gasteiger partial charge in [0.15, 0.2) is 12.1 Å². The first-order valence-corrected chi connectivity index (χ1v) is 8.96. The molecule has 2 rings (SSSR count). The van der Waals surface area contributed by atoms with Gasteiger partial charge in [-0.25, -0.2) is 0 Å². The van der Waals surface area contributed by atoms with E-state index in [0.29, 0.717) is 6.61 Å². The van der Waals surface area contributed by atoms with Crippen molar-refractivity contribution in [2.75, 3.05) is 13.2 Å². The maximum atomic E-state index is 12.6. The molecular weight excluding hydrogens is 357 g/mol. The van der Waals surface area contributed by atoms with Gasteiger partial charge < -0.3 is 18.9 Å². The van der Waals surface area contributed by atoms with E-state index in [1.807, 2.05) is 6.92 Å². The molecule has 24 heavy (non-hydrogen) atoms. The van der Waals surface area contributed by atoms with Crippen molar-refractivity contribution in [2.24, 2.45) is 0 Å². The zero-order valence-electron chi connectivity index (χ0n) is 13.5. The molecule has 2 saturated heterocycles. The Morgan fingerprint density at radius 3 is 2.46 bits per heavy atom. The number of unbranched alkanes of at least 4 members (excludes halogenated alkanes) is 1. The highest BCUT2D eigenvalue weighted by molar-refractivity contribution is 7.87. The molecule has 2 aliphatic rings. The fourth-order valence-electron chi connectivity index (χ4n) is 2.44. The van der Waals surface area contributed by atoms with Crippen LogP contribution in [-0.4, -0.2) is 57.5 Å². The molecule has 0 bridgehead atoms. The van der Waals surface area contributed by atoms with E-state index in [9.17, 15) is 21.6 Å². The molecule has 11 heteroatoms. The van der Waals surface area contributed by atoms with Gasteiger partial charge in [0.1, 0.15) is 18.3 Å². The van der Waals surface area contributed by atoms with Crippen LogP contribution < -0.4 is 0 Å². The summed E-state index contributed by atoms with van der Waals surface area (Å²) in [6.45, 7) is 5.27. The molecule has 0 spiro atoms. The number of halogens is 3. The number of alkyl halides is 3. The molecular formula is C13H21F3O7S. The second-order valence-electron chi connectivity index (χ2n) is 6.03. The van der Waals surface area contributed by atoms with E-state index in [1.165, 1.54) is 13.8 Å². The number of fused-ring (bicyclic) bond motifs is 1. The van der Waals surface area contributed by atoms with Crippen LogP contribution in [-0.2, 0) is 33.2 Å². The largest absolute Gasteiger partial charge is 0.523 e. The Hall–Kier alpha value is -0.460. The van der Waals surface area contributed by atoms with Crippen LogP contribution in [0.2, 0.25) is 0 Å². The van der Waals surface area contributed by atoms with Gasteiger partial charge in [-0.15, -0.1) is 0 Å². The second-order valence-corrected chi connectivity index (χ2v) is 7.60. The van der Waals surface area contributed by atoms with E-state index < -0.39 is 46.0 Å². The van der Waals surface area contributed by atoms with Crippen molar-refractivity contribution in [2.45, 2.75) is 69.5 Å². The van der Waals surface area contributed by atoms with Crippen LogP contribution in [0.4, 0.5) is 13.2 Å². The third-order valence-electron chi connectivity index (χ3n) is 3.53. The molecule has 7 nitrogen and oxygen atoms in total. The Balaban J connectivity index is 2.11. The summed E-state index contributed by atoms with van der Waals surface area (Å²) in [6.07, 6.45) is -3.05. The van der Waals surface area contributed by atoms with E-state index in [0.717, 1.165) is 12.8 Å². The Morgan fingerprint density at radius 1 is 1.21 bits per heavy atom. The molecule has 0 aromatic rings. The van der Waals surface area contributed by atoms with Gasteiger partial charge in [-0.2, -0.15) is 21.6 Å². The fourth-order valence-corrected chi connectivity index (χ4v) is 3.08. The molecule has 2 aliphatic heterocycles. The summed E-state index contributed by atoms with van der Waals surface area (Å²) in [6, 6.07) is 0. The minimum absolute atomic E-state index is 0.127. The van der Waals surface area contributed by atoms with Crippen LogP contribution in [0.5, 0.6) is 0 Å². The lowest BCUT2D eigenvalue weighted by Crippen LogP contribution is -2.42. The van der Waals surface area contributed by atoms with Gasteiger partial charge in [-0.05, 0) is 20.3 Å². The van der Waals surface area contributed by atoms with Crippen molar-refractivity contribution in [1.29, 1.82) is 0 Å². The molecule has 2 fully saturated rings. The van der Waals surface area contributed by atoms with Crippen LogP contribution in [0.15, 0.2) is 0 Å². The molecule has 1 unspecified atom stereocenters. The lowest BCUT2D eigenvalue weighted by atomic mass is 10.1. The minimum atomic E-state index is -5.80. The second kappa shape index (κ2) is 7.04. The lowest BCUT2D eigenvalue weighted by molar-refractivity contribution is -0.218. The van der Waals surface area contributed by atoms with E-state index in [1.54, 1.807) is 0 Å². The van der Waals surface area contributed by atoms with E-state index >= 15 is 0 Å². The average molecular weight is 378 g/mol. The zero-order valence-corrected chi connectivity index (χ0v) is 14.4. The molecule has 0 aromatic heterocycles. The normalized spacial score (nSPS) is 32.9. The van der Waals surface area contributed by atoms with Crippen molar-refractivity contribution < 1.29 is 44.7 Å². The summed E-state index contributed by atoms with van der Waals surface area (Å²) in [5.41, 5.74) is -5.53. The summed E-state index contributed by atoms with van der Waals surface area (Å²) >= 11 is 0. The van der Waals surface area contributed by atoms with Crippen LogP contribution in [0.3, 0.4) is 0 Å². The standard InChI is InChI=1S/C13H21F3O7S/c1-4-5-6-19-7-8-9(23-24(17,18)13(14,15)16)10-11(20-8)22-12(2,3)21-10/h8-11H,4-7H2,1-3H3/t8-,9-,10?,11-/m1/s1. The molecule has 0 aliphatic carbocycles. The predicted molar refractivity (Wildman–Crippen MR) is 74.3 cm³/mol. The first-order chi connectivity index (χ1) is 11.0. The minimum Gasteiger partial charge on any atom is -0.379 e. The highest BCUT2D eigenvalue weighted by Crippen LogP contribution is 2.40. The average Bonchev–Trinajstić information content (AvgIpc) is 2.87. The Morgan fingerprint density at radius 2 is 1.88 bits per heavy atom. The van der Waals surface area contributed by atoms with Gasteiger partial charge in [0.25, 0.3) is 0 Å². The van der Waals surface area contributed by atoms with Crippen LogP contribution >= 0.6 is 0 Å². The van der Waals surface area contributed by atoms with Gasteiger partial charge in [0.05, 0.1) is 6.61 Å². The molecule has 142 valence electrons. The summed E-state index contributed by atoms with van der Waals surface area (Å²) in [7, 11) is -5.80. The van der Waals surface area contributed by atoms with E-state index in [2.05, 4.69) is 4.18 Å². The molecule has 0 saturated carbocycles. The zero-order chi connectivity index (χ0) is 18.2. The van der Waals surface area contributed by atoms with Gasteiger partial charge >= 0.3 is 15.6 Å². The van der Waals surface area contributed by atoms with Crippen LogP contribution in [0, 0.1) is 0 Å². The van der Waals surface area contributed by atoms with Gasteiger partial charge in [-0.1, -0.05) is 13.3 Å². The molecule has 4 atom stereocenters. The smallest absolute Gasteiger partial charge is 0.379 e. The first-order valence-electron chi connectivity index (χ1n) is 7.55. The SMILES string of the molecule is CCCCOC[C@H]1O[C@@H]2OC(C)(C)OC2[C@@H]1OS(=O)(=O)C(F)(F)F. The molecule has 0 aromatic carbocycles. The molecule has 0 N–H and O–H groups in total. The quantitative estimate of drug-likeness (QED) is 0.380. The summed E-state index contributed by atoms with van der Waals surface area (Å²) < 4.78 is 86.5. The summed E-state index contributed by atoms with van der Waals surface area (Å²) in [4.78, 5) is 0. The van der Waals surface area contributed by atoms with Crippen molar-refractivity contribution in [3.8, 4) is 0 Å². The van der Waals surface area contributed by atoms with Crippen molar-refractivity contribution in [3.63, 3.8) is 0 Å². The monoisotopic (exact) mass is 378 g/mol. The van der Waals surface area contributed by atoms with Crippen LogP contribution in [0.25, 0.3) is 0 Å². The van der Waals surface area contributed by atoms with Gasteiger partial charge in [0.2, 0.25) is 0 Å². The molecule has 2 heterocycles. The summed E-state index contributed by atoms with van der Waals surface area (Å²) in [5, 5.41) is 0. The predicted octanol–water partition coefficient (Wildman–Crippen LogP) is 1.91. The maximum Gasteiger partial charge on any atom is 0.523 e. The third-order valence-corrected chi connectivity index (χ3v) is 4.58. The van der Waals surface area contributed by atoms with E-state index in [-0.39, 0.29) is 6.61 Å². The number of ether oxygens (including phenoxy) is 4. The highest BCUT2D eigenvalue weighted by atomic mass is 32.2. The van der Waals surface area contributed by atoms with Crippen LogP contribution in [0.1, 0.15) is 33.6 Å². The lowest BCUT2D eigenvalue weighted by Gasteiger charge is -2.25. The van der Waals surface area contributed by atoms with Gasteiger partial charge in [-0.3, -0.25) is 4.18 Å². The third kappa shape index (κ3) is 4.38. The Labute approximate surface area is 138 Å².